The van der Waals surface area contributed by atoms with Crippen LogP contribution in [0, 0.1) is 19.3 Å². The van der Waals surface area contributed by atoms with Gasteiger partial charge in [-0.3, -0.25) is 0 Å². The van der Waals surface area contributed by atoms with Crippen LogP contribution in [0.5, 0.6) is 0 Å². The van der Waals surface area contributed by atoms with Crippen molar-refractivity contribution in [2.75, 3.05) is 26.2 Å². The van der Waals surface area contributed by atoms with Gasteiger partial charge in [-0.15, -0.1) is 0 Å². The molecule has 1 atom stereocenters. The Labute approximate surface area is 197 Å². The summed E-state index contributed by atoms with van der Waals surface area (Å²) in [6, 6.07) is 16.1. The molecule has 32 heavy (non-hydrogen) atoms. The molecule has 0 radical (unpaired) electrons. The highest BCUT2D eigenvalue weighted by molar-refractivity contribution is 7.89. The molecular formula is C25H33N3O2S2. The fourth-order valence-corrected chi connectivity index (χ4v) is 7.03. The maximum Gasteiger partial charge on any atom is 0.243 e. The lowest BCUT2D eigenvalue weighted by atomic mass is 9.78. The van der Waals surface area contributed by atoms with E-state index in [1.807, 2.05) is 44.2 Å². The maximum absolute atomic E-state index is 13.3. The maximum atomic E-state index is 13.3. The fourth-order valence-electron chi connectivity index (χ4n) is 4.94. The van der Waals surface area contributed by atoms with Gasteiger partial charge in [-0.1, -0.05) is 42.5 Å². The number of likely N-dealkylation sites (tertiary alicyclic amines) is 1. The van der Waals surface area contributed by atoms with Crippen molar-refractivity contribution in [1.29, 1.82) is 0 Å². The molecule has 2 saturated heterocycles. The molecule has 172 valence electrons. The van der Waals surface area contributed by atoms with Crippen LogP contribution < -0.4 is 5.32 Å². The Morgan fingerprint density at radius 2 is 1.69 bits per heavy atom. The first kappa shape index (κ1) is 23.2. The van der Waals surface area contributed by atoms with E-state index >= 15 is 0 Å². The highest BCUT2D eigenvalue weighted by Crippen LogP contribution is 2.41. The van der Waals surface area contributed by atoms with Crippen LogP contribution in [0.15, 0.2) is 53.4 Å². The molecule has 0 bridgehead atoms. The second-order valence-electron chi connectivity index (χ2n) is 9.43. The topological polar surface area (TPSA) is 52.7 Å². The summed E-state index contributed by atoms with van der Waals surface area (Å²) >= 11 is 5.72. The number of nitrogens with zero attached hydrogens (tertiary/aromatic N) is 2. The van der Waals surface area contributed by atoms with E-state index in [1.54, 1.807) is 10.4 Å². The van der Waals surface area contributed by atoms with Crippen LogP contribution in [0.2, 0.25) is 0 Å². The smallest absolute Gasteiger partial charge is 0.243 e. The van der Waals surface area contributed by atoms with E-state index in [9.17, 15) is 8.42 Å². The quantitative estimate of drug-likeness (QED) is 0.669. The zero-order chi connectivity index (χ0) is 22.9. The Bertz CT molecular complexity index is 1080. The summed E-state index contributed by atoms with van der Waals surface area (Å²) in [6.45, 7) is 8.91. The minimum Gasteiger partial charge on any atom is -0.356 e. The van der Waals surface area contributed by atoms with Crippen molar-refractivity contribution in [2.24, 2.45) is 5.41 Å². The molecule has 7 heteroatoms. The summed E-state index contributed by atoms with van der Waals surface area (Å²) in [4.78, 5) is 2.71. The molecule has 1 spiro atoms. The molecule has 0 aliphatic carbocycles. The van der Waals surface area contributed by atoms with E-state index in [-0.39, 0.29) is 11.5 Å². The van der Waals surface area contributed by atoms with E-state index in [0.29, 0.717) is 18.0 Å². The van der Waals surface area contributed by atoms with Crippen molar-refractivity contribution >= 4 is 27.4 Å². The lowest BCUT2D eigenvalue weighted by Gasteiger charge is -2.39. The molecule has 2 aromatic carbocycles. The second-order valence-corrected chi connectivity index (χ2v) is 11.7. The van der Waals surface area contributed by atoms with Crippen LogP contribution in [0.3, 0.4) is 0 Å². The minimum absolute atomic E-state index is 0.148. The van der Waals surface area contributed by atoms with E-state index < -0.39 is 10.0 Å². The van der Waals surface area contributed by atoms with Gasteiger partial charge in [0.15, 0.2) is 5.11 Å². The first-order valence-electron chi connectivity index (χ1n) is 11.4. The number of thiocarbonyl (C=S) groups is 1. The van der Waals surface area contributed by atoms with Gasteiger partial charge in [-0.05, 0) is 80.4 Å². The van der Waals surface area contributed by atoms with Gasteiger partial charge >= 0.3 is 0 Å². The van der Waals surface area contributed by atoms with Gasteiger partial charge in [0.05, 0.1) is 10.9 Å². The van der Waals surface area contributed by atoms with E-state index in [1.165, 1.54) is 5.56 Å². The van der Waals surface area contributed by atoms with Crippen molar-refractivity contribution in [3.8, 4) is 0 Å². The van der Waals surface area contributed by atoms with E-state index in [2.05, 4.69) is 29.3 Å². The van der Waals surface area contributed by atoms with Gasteiger partial charge < -0.3 is 10.2 Å². The van der Waals surface area contributed by atoms with Gasteiger partial charge in [0.2, 0.25) is 10.0 Å². The molecule has 2 aliphatic rings. The number of hydrogen-bond donors (Lipinski definition) is 1. The van der Waals surface area contributed by atoms with Crippen molar-refractivity contribution in [2.45, 2.75) is 51.0 Å². The number of hydrogen-bond acceptors (Lipinski definition) is 3. The predicted molar refractivity (Wildman–Crippen MR) is 133 cm³/mol. The Morgan fingerprint density at radius 1 is 1.03 bits per heavy atom. The standard InChI is InChI=1S/C25H33N3O2S2/c1-19-9-10-20(2)23(17-19)32(29,30)28-15-12-25(13-16-28)11-14-27(18-25)24(31)26-21(3)22-7-5-4-6-8-22/h4-10,17,21H,11-16,18H2,1-3H3,(H,26,31). The normalized spacial score (nSPS) is 19.8. The third-order valence-corrected chi connectivity index (χ3v) is 9.53. The predicted octanol–water partition coefficient (Wildman–Crippen LogP) is 4.42. The lowest BCUT2D eigenvalue weighted by molar-refractivity contribution is 0.166. The molecule has 2 aromatic rings. The average Bonchev–Trinajstić information content (AvgIpc) is 3.20. The van der Waals surface area contributed by atoms with Gasteiger partial charge in [-0.2, -0.15) is 4.31 Å². The first-order valence-corrected chi connectivity index (χ1v) is 13.2. The summed E-state index contributed by atoms with van der Waals surface area (Å²) in [5, 5.41) is 4.27. The molecule has 2 heterocycles. The molecule has 4 rings (SSSR count). The molecule has 0 saturated carbocycles. The van der Waals surface area contributed by atoms with Gasteiger partial charge in [0.25, 0.3) is 0 Å². The number of aryl methyl sites for hydroxylation is 2. The third kappa shape index (κ3) is 4.70. The Kier molecular flexibility index (Phi) is 6.61. The molecule has 5 nitrogen and oxygen atoms in total. The van der Waals surface area contributed by atoms with Crippen LogP contribution in [0.4, 0.5) is 0 Å². The van der Waals surface area contributed by atoms with E-state index in [0.717, 1.165) is 48.6 Å². The van der Waals surface area contributed by atoms with Crippen LogP contribution in [0.1, 0.15) is 48.9 Å². The Morgan fingerprint density at radius 3 is 2.38 bits per heavy atom. The fraction of sp³-hybridized carbons (Fsp3) is 0.480. The van der Waals surface area contributed by atoms with Gasteiger partial charge in [0.1, 0.15) is 0 Å². The van der Waals surface area contributed by atoms with Crippen LogP contribution in [-0.2, 0) is 10.0 Å². The van der Waals surface area contributed by atoms with Crippen LogP contribution in [0.25, 0.3) is 0 Å². The van der Waals surface area contributed by atoms with E-state index in [4.69, 9.17) is 12.2 Å². The largest absolute Gasteiger partial charge is 0.356 e. The SMILES string of the molecule is Cc1ccc(C)c(S(=O)(=O)N2CCC3(CCN(C(=S)NC(C)c4ccccc4)C3)CC2)c1. The second kappa shape index (κ2) is 9.12. The highest BCUT2D eigenvalue weighted by atomic mass is 32.2. The lowest BCUT2D eigenvalue weighted by Crippen LogP contribution is -2.46. The molecule has 0 amide bonds. The highest BCUT2D eigenvalue weighted by Gasteiger charge is 2.43. The van der Waals surface area contributed by atoms with Crippen molar-refractivity contribution in [3.05, 3.63) is 65.2 Å². The zero-order valence-electron chi connectivity index (χ0n) is 19.2. The summed E-state index contributed by atoms with van der Waals surface area (Å²) in [6.07, 6.45) is 2.82. The van der Waals surface area contributed by atoms with Gasteiger partial charge in [-0.25, -0.2) is 8.42 Å². The van der Waals surface area contributed by atoms with Gasteiger partial charge in [0, 0.05) is 26.2 Å². The first-order chi connectivity index (χ1) is 15.2. The molecule has 1 N–H and O–H groups in total. The minimum atomic E-state index is -3.46. The van der Waals surface area contributed by atoms with Crippen molar-refractivity contribution in [3.63, 3.8) is 0 Å². The molecule has 2 aliphatic heterocycles. The number of piperidine rings is 1. The third-order valence-electron chi connectivity index (χ3n) is 7.11. The number of nitrogens with one attached hydrogen (secondary N) is 1. The Balaban J connectivity index is 1.37. The van der Waals surface area contributed by atoms with Crippen molar-refractivity contribution in [1.82, 2.24) is 14.5 Å². The molecule has 0 aromatic heterocycles. The average molecular weight is 472 g/mol. The summed E-state index contributed by atoms with van der Waals surface area (Å²) in [5.41, 5.74) is 3.15. The molecule has 2 fully saturated rings. The van der Waals surface area contributed by atoms with Crippen LogP contribution in [-0.4, -0.2) is 48.9 Å². The molecule has 1 unspecified atom stereocenters. The number of benzene rings is 2. The summed E-state index contributed by atoms with van der Waals surface area (Å²) in [7, 11) is -3.46. The Hall–Kier alpha value is -1.96. The van der Waals surface area contributed by atoms with Crippen LogP contribution >= 0.6 is 12.2 Å². The summed E-state index contributed by atoms with van der Waals surface area (Å²) in [5.74, 6) is 0. The zero-order valence-corrected chi connectivity index (χ0v) is 20.8. The summed E-state index contributed by atoms with van der Waals surface area (Å²) < 4.78 is 28.2. The molecular weight excluding hydrogens is 438 g/mol. The van der Waals surface area contributed by atoms with Crippen molar-refractivity contribution < 1.29 is 8.42 Å². The number of rotatable bonds is 4. The monoisotopic (exact) mass is 471 g/mol. The number of sulfonamides is 1.